The van der Waals surface area contributed by atoms with Crippen molar-refractivity contribution in [2.45, 2.75) is 71.8 Å². The van der Waals surface area contributed by atoms with Gasteiger partial charge in [0.25, 0.3) is 0 Å². The van der Waals surface area contributed by atoms with Crippen LogP contribution in [-0.2, 0) is 24.7 Å². The highest BCUT2D eigenvalue weighted by molar-refractivity contribution is 6.31. The highest BCUT2D eigenvalue weighted by Gasteiger charge is 2.45. The maximum absolute atomic E-state index is 6.34. The molecule has 3 atom stereocenters. The van der Waals surface area contributed by atoms with Gasteiger partial charge in [-0.25, -0.2) is 0 Å². The van der Waals surface area contributed by atoms with Crippen LogP contribution in [0.3, 0.4) is 0 Å². The molecule has 0 radical (unpaired) electrons. The third kappa shape index (κ3) is 5.07. The Morgan fingerprint density at radius 2 is 1.88 bits per heavy atom. The Morgan fingerprint density at radius 1 is 1.16 bits per heavy atom. The molecule has 2 nitrogen and oxygen atoms in total. The summed E-state index contributed by atoms with van der Waals surface area (Å²) in [4.78, 5) is 2.54. The fraction of sp³-hybridized carbons (Fsp3) is 0.517. The van der Waals surface area contributed by atoms with Crippen LogP contribution in [0.4, 0.5) is 0 Å². The molecule has 3 heteroatoms. The normalized spacial score (nSPS) is 22.6. The van der Waals surface area contributed by atoms with Crippen molar-refractivity contribution in [2.75, 3.05) is 20.1 Å². The van der Waals surface area contributed by atoms with E-state index in [9.17, 15) is 0 Å². The van der Waals surface area contributed by atoms with Gasteiger partial charge in [-0.2, -0.15) is 0 Å². The Labute approximate surface area is 201 Å². The van der Waals surface area contributed by atoms with Gasteiger partial charge in [0.05, 0.1) is 0 Å². The maximum atomic E-state index is 6.34. The first kappa shape index (κ1) is 24.9. The molecule has 0 heterocycles. The van der Waals surface area contributed by atoms with Gasteiger partial charge in [0.1, 0.15) is 0 Å². The predicted octanol–water partition coefficient (Wildman–Crippen LogP) is 6.72. The highest BCUT2D eigenvalue weighted by Crippen LogP contribution is 2.45. The molecule has 0 bridgehead atoms. The SMILES string of the molecule is C=C(Cc1ccc(C)c(Cl)c1)NC[C@H]1C(N(C)CC)Cc2ccc(CC)cc2[C@@]1(C)CC. The molecular weight excluding hydrogens is 412 g/mol. The van der Waals surface area contributed by atoms with Gasteiger partial charge in [-0.05, 0) is 79.1 Å². The summed E-state index contributed by atoms with van der Waals surface area (Å²) in [6.45, 7) is 17.8. The number of hydrogen-bond acceptors (Lipinski definition) is 2. The minimum absolute atomic E-state index is 0.132. The van der Waals surface area contributed by atoms with Crippen LogP contribution in [0.2, 0.25) is 5.02 Å². The van der Waals surface area contributed by atoms with Crippen molar-refractivity contribution < 1.29 is 0 Å². The summed E-state index contributed by atoms with van der Waals surface area (Å²) in [6.07, 6.45) is 4.14. The average Bonchev–Trinajstić information content (AvgIpc) is 2.79. The number of fused-ring (bicyclic) bond motifs is 1. The zero-order valence-electron chi connectivity index (χ0n) is 20.9. The molecule has 1 unspecified atom stereocenters. The molecule has 1 aliphatic carbocycles. The second-order valence-electron chi connectivity index (χ2n) is 9.81. The van der Waals surface area contributed by atoms with Gasteiger partial charge in [-0.3, -0.25) is 0 Å². The van der Waals surface area contributed by atoms with E-state index in [4.69, 9.17) is 11.6 Å². The molecule has 0 fully saturated rings. The Kier molecular flexibility index (Phi) is 8.11. The van der Waals surface area contributed by atoms with Gasteiger partial charge in [0.15, 0.2) is 0 Å². The number of halogens is 1. The van der Waals surface area contributed by atoms with E-state index in [-0.39, 0.29) is 5.41 Å². The van der Waals surface area contributed by atoms with Gasteiger partial charge in [-0.1, -0.05) is 76.2 Å². The fourth-order valence-corrected chi connectivity index (χ4v) is 5.57. The van der Waals surface area contributed by atoms with Gasteiger partial charge < -0.3 is 10.2 Å². The van der Waals surface area contributed by atoms with Crippen molar-refractivity contribution in [3.63, 3.8) is 0 Å². The second-order valence-corrected chi connectivity index (χ2v) is 10.2. The largest absolute Gasteiger partial charge is 0.388 e. The number of nitrogens with zero attached hydrogens (tertiary/aromatic N) is 1. The summed E-state index contributed by atoms with van der Waals surface area (Å²) >= 11 is 6.34. The zero-order valence-corrected chi connectivity index (χ0v) is 21.6. The fourth-order valence-electron chi connectivity index (χ4n) is 5.37. The van der Waals surface area contributed by atoms with Gasteiger partial charge in [-0.15, -0.1) is 0 Å². The van der Waals surface area contributed by atoms with E-state index in [1.165, 1.54) is 16.7 Å². The van der Waals surface area contributed by atoms with E-state index >= 15 is 0 Å². The summed E-state index contributed by atoms with van der Waals surface area (Å²) in [5, 5.41) is 4.56. The minimum Gasteiger partial charge on any atom is -0.388 e. The van der Waals surface area contributed by atoms with E-state index in [1.54, 1.807) is 5.56 Å². The molecule has 0 saturated heterocycles. The number of aryl methyl sites for hydroxylation is 2. The number of likely N-dealkylation sites (N-methyl/N-ethyl adjacent to an activating group) is 1. The van der Waals surface area contributed by atoms with Crippen LogP contribution < -0.4 is 5.32 Å². The van der Waals surface area contributed by atoms with E-state index < -0.39 is 0 Å². The number of nitrogens with one attached hydrogen (secondary N) is 1. The molecule has 0 spiro atoms. The number of allylic oxidation sites excluding steroid dienone is 1. The number of benzene rings is 2. The summed E-state index contributed by atoms with van der Waals surface area (Å²) in [5.41, 5.74) is 8.05. The van der Waals surface area contributed by atoms with Crippen LogP contribution in [0.25, 0.3) is 0 Å². The lowest BCUT2D eigenvalue weighted by atomic mass is 9.60. The Hall–Kier alpha value is -1.77. The van der Waals surface area contributed by atoms with Gasteiger partial charge in [0, 0.05) is 35.6 Å². The third-order valence-corrected chi connectivity index (χ3v) is 8.34. The third-order valence-electron chi connectivity index (χ3n) is 7.93. The molecule has 1 aliphatic rings. The summed E-state index contributed by atoms with van der Waals surface area (Å²) in [7, 11) is 2.28. The molecule has 3 rings (SSSR count). The summed E-state index contributed by atoms with van der Waals surface area (Å²) < 4.78 is 0. The van der Waals surface area contributed by atoms with Crippen molar-refractivity contribution >= 4 is 11.6 Å². The topological polar surface area (TPSA) is 15.3 Å². The van der Waals surface area contributed by atoms with Crippen LogP contribution in [0.5, 0.6) is 0 Å². The average molecular weight is 453 g/mol. The second kappa shape index (κ2) is 10.4. The molecular formula is C29H41ClN2. The Morgan fingerprint density at radius 3 is 2.50 bits per heavy atom. The number of rotatable bonds is 9. The monoisotopic (exact) mass is 452 g/mol. The Bertz CT molecular complexity index is 950. The maximum Gasteiger partial charge on any atom is 0.0438 e. The van der Waals surface area contributed by atoms with Crippen molar-refractivity contribution in [2.24, 2.45) is 5.92 Å². The first-order valence-electron chi connectivity index (χ1n) is 12.2. The zero-order chi connectivity index (χ0) is 23.5. The van der Waals surface area contributed by atoms with E-state index in [1.807, 2.05) is 6.92 Å². The number of hydrogen-bond donors (Lipinski definition) is 1. The van der Waals surface area contributed by atoms with Crippen molar-refractivity contribution in [3.05, 3.63) is 81.5 Å². The van der Waals surface area contributed by atoms with Crippen LogP contribution >= 0.6 is 11.6 Å². The lowest BCUT2D eigenvalue weighted by Crippen LogP contribution is -2.55. The standard InChI is InChI=1S/C29H41ClN2/c1-8-22-13-14-24-18-28(32(7)10-3)26(29(6,9-2)25(24)16-22)19-31-21(5)15-23-12-11-20(4)27(30)17-23/h11-14,16-17,26,28,31H,5,8-10,15,18-19H2,1-4,6-7H3/t26-,28?,29+/m0/s1. The van der Waals surface area contributed by atoms with Crippen molar-refractivity contribution in [1.82, 2.24) is 10.2 Å². The van der Waals surface area contributed by atoms with E-state index in [0.717, 1.165) is 55.1 Å². The van der Waals surface area contributed by atoms with Crippen LogP contribution in [-0.4, -0.2) is 31.1 Å². The van der Waals surface area contributed by atoms with E-state index in [0.29, 0.717) is 12.0 Å². The molecule has 174 valence electrons. The minimum atomic E-state index is 0.132. The van der Waals surface area contributed by atoms with Crippen LogP contribution in [0, 0.1) is 12.8 Å². The lowest BCUT2D eigenvalue weighted by Gasteiger charge is -2.50. The molecule has 32 heavy (non-hydrogen) atoms. The van der Waals surface area contributed by atoms with Crippen LogP contribution in [0.15, 0.2) is 48.7 Å². The first-order chi connectivity index (χ1) is 15.2. The van der Waals surface area contributed by atoms with Crippen molar-refractivity contribution in [1.29, 1.82) is 0 Å². The van der Waals surface area contributed by atoms with Gasteiger partial charge >= 0.3 is 0 Å². The highest BCUT2D eigenvalue weighted by atomic mass is 35.5. The lowest BCUT2D eigenvalue weighted by molar-refractivity contribution is 0.103. The summed E-state index contributed by atoms with van der Waals surface area (Å²) in [6, 6.07) is 14.0. The quantitative estimate of drug-likeness (QED) is 0.454. The molecule has 0 aliphatic heterocycles. The summed E-state index contributed by atoms with van der Waals surface area (Å²) in [5.74, 6) is 0.510. The van der Waals surface area contributed by atoms with Gasteiger partial charge in [0.2, 0.25) is 0 Å². The first-order valence-corrected chi connectivity index (χ1v) is 12.6. The molecule has 0 aromatic heterocycles. The Balaban J connectivity index is 1.85. The molecule has 1 N–H and O–H groups in total. The molecule has 2 aromatic rings. The van der Waals surface area contributed by atoms with Crippen LogP contribution in [0.1, 0.15) is 61.9 Å². The smallest absolute Gasteiger partial charge is 0.0438 e. The van der Waals surface area contributed by atoms with E-state index in [2.05, 4.69) is 87.9 Å². The predicted molar refractivity (Wildman–Crippen MR) is 140 cm³/mol. The molecule has 0 saturated carbocycles. The molecule has 2 aromatic carbocycles. The molecule has 0 amide bonds. The van der Waals surface area contributed by atoms with Crippen molar-refractivity contribution in [3.8, 4) is 0 Å².